The summed E-state index contributed by atoms with van der Waals surface area (Å²) in [5, 5.41) is 3.24. The highest BCUT2D eigenvalue weighted by Crippen LogP contribution is 2.42. The summed E-state index contributed by atoms with van der Waals surface area (Å²) in [4.78, 5) is 13.2. The number of anilines is 1. The number of piperidine rings is 1. The summed E-state index contributed by atoms with van der Waals surface area (Å²) >= 11 is 0. The SMILES string of the molecule is CNC(=O)c1c(-c2ccc(C)cc2)oc2cc(N(C)S(C)(=O)=O)c([C@@H]3CCCN(S(=O)(=O)CCc4ccccc4)C3)cc12. The summed E-state index contributed by atoms with van der Waals surface area (Å²) in [6, 6.07) is 20.6. The van der Waals surface area contributed by atoms with E-state index in [0.29, 0.717) is 64.9 Å². The zero-order valence-corrected chi connectivity index (χ0v) is 26.5. The molecule has 228 valence electrons. The minimum atomic E-state index is -3.67. The molecule has 1 saturated heterocycles. The first-order valence-corrected chi connectivity index (χ1v) is 17.7. The van der Waals surface area contributed by atoms with Gasteiger partial charge in [-0.3, -0.25) is 9.10 Å². The third-order valence-corrected chi connectivity index (χ3v) is 11.2. The Bertz CT molecular complexity index is 1850. The molecule has 1 amide bonds. The van der Waals surface area contributed by atoms with Crippen molar-refractivity contribution in [3.05, 3.63) is 89.0 Å². The number of nitrogens with one attached hydrogen (secondary N) is 1. The number of aryl methyl sites for hydroxylation is 2. The number of nitrogens with zero attached hydrogens (tertiary/aromatic N) is 2. The number of carbonyl (C=O) groups is 1. The minimum Gasteiger partial charge on any atom is -0.455 e. The zero-order valence-electron chi connectivity index (χ0n) is 24.8. The Hall–Kier alpha value is -3.67. The Balaban J connectivity index is 1.59. The minimum absolute atomic E-state index is 0.0126. The monoisotopic (exact) mass is 623 g/mol. The molecular weight excluding hydrogens is 587 g/mol. The smallest absolute Gasteiger partial charge is 0.255 e. The molecule has 1 aliphatic heterocycles. The van der Waals surface area contributed by atoms with Gasteiger partial charge in [-0.1, -0.05) is 60.2 Å². The van der Waals surface area contributed by atoms with Crippen molar-refractivity contribution in [2.75, 3.05) is 43.5 Å². The first kappa shape index (κ1) is 30.8. The van der Waals surface area contributed by atoms with Gasteiger partial charge in [0.25, 0.3) is 5.91 Å². The second kappa shape index (κ2) is 12.1. The molecule has 2 heterocycles. The topological polar surface area (TPSA) is 117 Å². The predicted molar refractivity (Wildman–Crippen MR) is 171 cm³/mol. The lowest BCUT2D eigenvalue weighted by atomic mass is 9.89. The third-order valence-electron chi connectivity index (χ3n) is 8.15. The van der Waals surface area contributed by atoms with Crippen LogP contribution in [0.1, 0.15) is 45.8 Å². The van der Waals surface area contributed by atoms with Gasteiger partial charge >= 0.3 is 0 Å². The summed E-state index contributed by atoms with van der Waals surface area (Å²) in [5.41, 5.74) is 4.50. The number of benzene rings is 3. The van der Waals surface area contributed by atoms with Gasteiger partial charge in [-0.25, -0.2) is 21.1 Å². The van der Waals surface area contributed by atoms with Gasteiger partial charge in [0, 0.05) is 44.2 Å². The zero-order chi connectivity index (χ0) is 30.9. The summed E-state index contributed by atoms with van der Waals surface area (Å²) in [6.45, 7) is 2.59. The molecule has 0 spiro atoms. The molecule has 43 heavy (non-hydrogen) atoms. The van der Waals surface area contributed by atoms with Crippen LogP contribution in [0.2, 0.25) is 0 Å². The van der Waals surface area contributed by atoms with Crippen molar-refractivity contribution in [2.24, 2.45) is 0 Å². The molecule has 1 aliphatic rings. The number of furan rings is 1. The number of carbonyl (C=O) groups excluding carboxylic acids is 1. The van der Waals surface area contributed by atoms with Gasteiger partial charge < -0.3 is 9.73 Å². The van der Waals surface area contributed by atoms with E-state index in [9.17, 15) is 21.6 Å². The molecular formula is C32H37N3O6S2. The molecule has 1 N–H and O–H groups in total. The molecule has 0 saturated carbocycles. The van der Waals surface area contributed by atoms with Crippen molar-refractivity contribution in [3.63, 3.8) is 0 Å². The highest BCUT2D eigenvalue weighted by atomic mass is 32.2. The van der Waals surface area contributed by atoms with Gasteiger partial charge in [0.15, 0.2) is 0 Å². The molecule has 0 radical (unpaired) electrons. The van der Waals surface area contributed by atoms with Crippen LogP contribution in [0, 0.1) is 6.92 Å². The van der Waals surface area contributed by atoms with Crippen molar-refractivity contribution >= 4 is 42.6 Å². The van der Waals surface area contributed by atoms with Crippen molar-refractivity contribution in [1.82, 2.24) is 9.62 Å². The molecule has 1 fully saturated rings. The molecule has 0 aliphatic carbocycles. The van der Waals surface area contributed by atoms with Crippen molar-refractivity contribution in [3.8, 4) is 11.3 Å². The number of rotatable bonds is 9. The predicted octanol–water partition coefficient (Wildman–Crippen LogP) is 4.92. The quantitative estimate of drug-likeness (QED) is 0.283. The first-order chi connectivity index (χ1) is 20.4. The molecule has 9 nitrogen and oxygen atoms in total. The lowest BCUT2D eigenvalue weighted by Crippen LogP contribution is -2.41. The van der Waals surface area contributed by atoms with Crippen molar-refractivity contribution in [2.45, 2.75) is 32.1 Å². The molecule has 11 heteroatoms. The average molecular weight is 624 g/mol. The van der Waals surface area contributed by atoms with E-state index in [-0.39, 0.29) is 24.1 Å². The second-order valence-electron chi connectivity index (χ2n) is 11.1. The average Bonchev–Trinajstić information content (AvgIpc) is 3.37. The van der Waals surface area contributed by atoms with Crippen LogP contribution in [-0.2, 0) is 26.5 Å². The van der Waals surface area contributed by atoms with Crippen LogP contribution in [0.15, 0.2) is 71.1 Å². The largest absolute Gasteiger partial charge is 0.455 e. The van der Waals surface area contributed by atoms with Crippen LogP contribution in [0.3, 0.4) is 0 Å². The fourth-order valence-corrected chi connectivity index (χ4v) is 7.74. The van der Waals surface area contributed by atoms with Crippen LogP contribution in [0.5, 0.6) is 0 Å². The summed E-state index contributed by atoms with van der Waals surface area (Å²) in [6.07, 6.45) is 2.82. The molecule has 3 aromatic carbocycles. The van der Waals surface area contributed by atoms with Crippen LogP contribution in [0.4, 0.5) is 5.69 Å². The van der Waals surface area contributed by atoms with E-state index >= 15 is 0 Å². The number of amides is 1. The van der Waals surface area contributed by atoms with Crippen molar-refractivity contribution in [1.29, 1.82) is 0 Å². The van der Waals surface area contributed by atoms with Gasteiger partial charge in [-0.05, 0) is 49.3 Å². The molecule has 4 aromatic rings. The van der Waals surface area contributed by atoms with Crippen LogP contribution in [0.25, 0.3) is 22.3 Å². The van der Waals surface area contributed by atoms with E-state index in [4.69, 9.17) is 4.42 Å². The van der Waals surface area contributed by atoms with Gasteiger partial charge in [-0.15, -0.1) is 0 Å². The Kier molecular flexibility index (Phi) is 8.69. The lowest BCUT2D eigenvalue weighted by Gasteiger charge is -2.34. The van der Waals surface area contributed by atoms with E-state index in [1.54, 1.807) is 13.1 Å². The van der Waals surface area contributed by atoms with E-state index < -0.39 is 20.0 Å². The van der Waals surface area contributed by atoms with Gasteiger partial charge in [-0.2, -0.15) is 0 Å². The first-order valence-electron chi connectivity index (χ1n) is 14.2. The van der Waals surface area contributed by atoms with E-state index in [0.717, 1.165) is 17.4 Å². The Morgan fingerprint density at radius 2 is 1.74 bits per heavy atom. The van der Waals surface area contributed by atoms with Gasteiger partial charge in [0.2, 0.25) is 20.0 Å². The normalized spacial score (nSPS) is 16.3. The highest BCUT2D eigenvalue weighted by Gasteiger charge is 2.33. The molecule has 0 bridgehead atoms. The Morgan fingerprint density at radius 1 is 1.05 bits per heavy atom. The van der Waals surface area contributed by atoms with Gasteiger partial charge in [0.1, 0.15) is 11.3 Å². The number of hydrogen-bond donors (Lipinski definition) is 1. The maximum Gasteiger partial charge on any atom is 0.255 e. The lowest BCUT2D eigenvalue weighted by molar-refractivity contribution is 0.0964. The van der Waals surface area contributed by atoms with E-state index in [2.05, 4.69) is 5.32 Å². The van der Waals surface area contributed by atoms with Crippen LogP contribution >= 0.6 is 0 Å². The molecule has 5 rings (SSSR count). The fraction of sp³-hybridized carbons (Fsp3) is 0.344. The number of sulfonamides is 2. The van der Waals surface area contributed by atoms with Crippen LogP contribution < -0.4 is 9.62 Å². The fourth-order valence-electron chi connectivity index (χ4n) is 5.66. The molecule has 1 aromatic heterocycles. The summed E-state index contributed by atoms with van der Waals surface area (Å²) in [5.74, 6) is -0.257. The third kappa shape index (κ3) is 6.48. The number of fused-ring (bicyclic) bond motifs is 1. The maximum absolute atomic E-state index is 13.4. The standard InChI is InChI=1S/C32H37N3O6S2/c1-22-12-14-24(15-13-22)31-30(32(36)33-2)27-19-26(28(20-29(27)41-31)34(3)42(4,37)38)25-11-8-17-35(21-25)43(39,40)18-16-23-9-6-5-7-10-23/h5-7,9-10,12-15,19-20,25H,8,11,16-18,21H2,1-4H3,(H,33,36)/t25-/m1/s1. The Labute approximate surface area is 253 Å². The highest BCUT2D eigenvalue weighted by molar-refractivity contribution is 7.92. The van der Waals surface area contributed by atoms with Crippen LogP contribution in [-0.4, -0.2) is 66.2 Å². The summed E-state index contributed by atoms with van der Waals surface area (Å²) in [7, 11) is -4.22. The van der Waals surface area contributed by atoms with E-state index in [1.165, 1.54) is 15.7 Å². The van der Waals surface area contributed by atoms with E-state index in [1.807, 2.05) is 67.6 Å². The van der Waals surface area contributed by atoms with Gasteiger partial charge in [0.05, 0.1) is 23.3 Å². The number of hydrogen-bond acceptors (Lipinski definition) is 6. The molecule has 0 unspecified atom stereocenters. The van der Waals surface area contributed by atoms with Crippen molar-refractivity contribution < 1.29 is 26.0 Å². The second-order valence-corrected chi connectivity index (χ2v) is 15.2. The maximum atomic E-state index is 13.4. The summed E-state index contributed by atoms with van der Waals surface area (Å²) < 4.78 is 61.4. The molecule has 1 atom stereocenters. The Morgan fingerprint density at radius 3 is 2.40 bits per heavy atom.